The van der Waals surface area contributed by atoms with Crippen molar-refractivity contribution in [2.75, 3.05) is 0 Å². The lowest BCUT2D eigenvalue weighted by Crippen LogP contribution is -2.53. The molecule has 2 aromatic rings. The Morgan fingerprint density at radius 2 is 1.19 bits per heavy atom. The van der Waals surface area contributed by atoms with Crippen molar-refractivity contribution in [1.29, 1.82) is 0 Å². The topological polar surface area (TPSA) is 83.5 Å². The number of carbonyl (C=O) groups is 1. The first kappa shape index (κ1) is 22.7. The van der Waals surface area contributed by atoms with Gasteiger partial charge in [0.2, 0.25) is 0 Å². The zero-order valence-electron chi connectivity index (χ0n) is 15.4. The lowest BCUT2D eigenvalue weighted by atomic mass is 9.70. The number of aliphatic hydroxyl groups is 1. The Bertz CT molecular complexity index is 686. The zero-order chi connectivity index (χ0) is 20.9. The molecule has 0 aliphatic rings. The van der Waals surface area contributed by atoms with Crippen molar-refractivity contribution < 1.29 is 28.2 Å². The lowest BCUT2D eigenvalue weighted by molar-refractivity contribution is -0.192. The highest BCUT2D eigenvalue weighted by molar-refractivity contribution is 5.73. The van der Waals surface area contributed by atoms with Crippen LogP contribution in [-0.4, -0.2) is 28.4 Å². The number of carboxylic acids is 1. The van der Waals surface area contributed by atoms with Crippen LogP contribution in [0.5, 0.6) is 0 Å². The molecular formula is C20H24F3NO3. The van der Waals surface area contributed by atoms with Crippen LogP contribution >= 0.6 is 0 Å². The van der Waals surface area contributed by atoms with Gasteiger partial charge in [-0.3, -0.25) is 0 Å². The van der Waals surface area contributed by atoms with E-state index in [2.05, 4.69) is 20.8 Å². The van der Waals surface area contributed by atoms with Crippen molar-refractivity contribution in [1.82, 2.24) is 0 Å². The van der Waals surface area contributed by atoms with E-state index in [1.165, 1.54) is 0 Å². The highest BCUT2D eigenvalue weighted by Crippen LogP contribution is 2.39. The van der Waals surface area contributed by atoms with Crippen LogP contribution in [-0.2, 0) is 10.4 Å². The van der Waals surface area contributed by atoms with Crippen molar-refractivity contribution in [3.63, 3.8) is 0 Å². The molecule has 0 amide bonds. The Kier molecular flexibility index (Phi) is 7.17. The Labute approximate surface area is 156 Å². The van der Waals surface area contributed by atoms with E-state index in [0.29, 0.717) is 0 Å². The summed E-state index contributed by atoms with van der Waals surface area (Å²) in [5.41, 5.74) is 6.68. The Hall–Kier alpha value is -2.38. The van der Waals surface area contributed by atoms with E-state index in [9.17, 15) is 18.3 Å². The number of hydrogen-bond donors (Lipinski definition) is 3. The molecule has 7 heteroatoms. The summed E-state index contributed by atoms with van der Waals surface area (Å²) < 4.78 is 31.7. The maximum Gasteiger partial charge on any atom is 0.490 e. The maximum atomic E-state index is 11.4. The number of rotatable bonds is 3. The summed E-state index contributed by atoms with van der Waals surface area (Å²) in [6, 6.07) is 18.9. The number of nitrogens with two attached hydrogens (primary N) is 1. The van der Waals surface area contributed by atoms with Crippen molar-refractivity contribution >= 4 is 5.97 Å². The second-order valence-electron chi connectivity index (χ2n) is 7.15. The Balaban J connectivity index is 0.000000445. The van der Waals surface area contributed by atoms with Crippen molar-refractivity contribution in [2.24, 2.45) is 11.1 Å². The first-order valence-corrected chi connectivity index (χ1v) is 8.20. The molecule has 0 saturated heterocycles. The minimum absolute atomic E-state index is 0.222. The van der Waals surface area contributed by atoms with Gasteiger partial charge in [0.25, 0.3) is 0 Å². The first-order chi connectivity index (χ1) is 12.3. The van der Waals surface area contributed by atoms with Crippen LogP contribution < -0.4 is 5.73 Å². The predicted octanol–water partition coefficient (Wildman–Crippen LogP) is 3.93. The monoisotopic (exact) mass is 383 g/mol. The molecule has 0 fully saturated rings. The summed E-state index contributed by atoms with van der Waals surface area (Å²) in [5.74, 6) is -2.76. The fraction of sp³-hybridized carbons (Fsp3) is 0.350. The van der Waals surface area contributed by atoms with Crippen LogP contribution in [0.4, 0.5) is 13.2 Å². The molecule has 0 aliphatic heterocycles. The summed E-state index contributed by atoms with van der Waals surface area (Å²) in [6.07, 6.45) is -5.08. The van der Waals surface area contributed by atoms with Gasteiger partial charge in [-0.1, -0.05) is 81.4 Å². The largest absolute Gasteiger partial charge is 0.490 e. The number of halogens is 3. The van der Waals surface area contributed by atoms with Gasteiger partial charge in [-0.15, -0.1) is 0 Å². The third kappa shape index (κ3) is 5.80. The van der Waals surface area contributed by atoms with Crippen LogP contribution in [0.15, 0.2) is 60.7 Å². The van der Waals surface area contributed by atoms with Gasteiger partial charge in [0.15, 0.2) is 0 Å². The third-order valence-electron chi connectivity index (χ3n) is 4.05. The normalized spacial score (nSPS) is 13.3. The Morgan fingerprint density at radius 3 is 1.41 bits per heavy atom. The van der Waals surface area contributed by atoms with Crippen molar-refractivity contribution in [3.8, 4) is 0 Å². The highest BCUT2D eigenvalue weighted by Gasteiger charge is 2.43. The molecule has 0 spiro atoms. The molecule has 27 heavy (non-hydrogen) atoms. The fourth-order valence-corrected chi connectivity index (χ4v) is 2.54. The van der Waals surface area contributed by atoms with Gasteiger partial charge in [-0.2, -0.15) is 13.2 Å². The number of aliphatic carboxylic acids is 1. The van der Waals surface area contributed by atoms with Crippen LogP contribution in [0.1, 0.15) is 31.9 Å². The molecule has 0 unspecified atom stereocenters. The molecule has 0 aromatic heterocycles. The summed E-state index contributed by atoms with van der Waals surface area (Å²) in [7, 11) is 0. The molecule has 4 N–H and O–H groups in total. The van der Waals surface area contributed by atoms with E-state index in [1.54, 1.807) is 0 Å². The van der Waals surface area contributed by atoms with Gasteiger partial charge in [0, 0.05) is 6.04 Å². The molecule has 4 nitrogen and oxygen atoms in total. The summed E-state index contributed by atoms with van der Waals surface area (Å²) >= 11 is 0. The molecule has 2 aromatic carbocycles. The number of hydrogen-bond acceptors (Lipinski definition) is 3. The second-order valence-corrected chi connectivity index (χ2v) is 7.15. The van der Waals surface area contributed by atoms with Gasteiger partial charge >= 0.3 is 12.1 Å². The van der Waals surface area contributed by atoms with Crippen molar-refractivity contribution in [2.45, 2.75) is 38.6 Å². The van der Waals surface area contributed by atoms with Crippen LogP contribution in [0, 0.1) is 5.41 Å². The fourth-order valence-electron chi connectivity index (χ4n) is 2.54. The average molecular weight is 383 g/mol. The number of alkyl halides is 3. The van der Waals surface area contributed by atoms with Gasteiger partial charge in [0.1, 0.15) is 5.60 Å². The number of carboxylic acid groups (broad SMARTS) is 1. The zero-order valence-corrected chi connectivity index (χ0v) is 15.4. The maximum absolute atomic E-state index is 11.4. The van der Waals surface area contributed by atoms with Gasteiger partial charge < -0.3 is 15.9 Å². The molecule has 0 aliphatic carbocycles. The van der Waals surface area contributed by atoms with E-state index in [0.717, 1.165) is 11.1 Å². The summed E-state index contributed by atoms with van der Waals surface area (Å²) in [5, 5.41) is 18.6. The van der Waals surface area contributed by atoms with E-state index in [1.807, 2.05) is 60.7 Å². The average Bonchev–Trinajstić information content (AvgIpc) is 2.61. The summed E-state index contributed by atoms with van der Waals surface area (Å²) in [4.78, 5) is 8.90. The third-order valence-corrected chi connectivity index (χ3v) is 4.05. The van der Waals surface area contributed by atoms with E-state index < -0.39 is 23.8 Å². The first-order valence-electron chi connectivity index (χ1n) is 8.20. The molecule has 0 heterocycles. The van der Waals surface area contributed by atoms with Crippen LogP contribution in [0.25, 0.3) is 0 Å². The summed E-state index contributed by atoms with van der Waals surface area (Å²) in [6.45, 7) is 6.15. The highest BCUT2D eigenvalue weighted by atomic mass is 19.4. The molecule has 2 rings (SSSR count). The molecule has 1 atom stereocenters. The Morgan fingerprint density at radius 1 is 0.889 bits per heavy atom. The van der Waals surface area contributed by atoms with Crippen molar-refractivity contribution in [3.05, 3.63) is 71.8 Å². The van der Waals surface area contributed by atoms with E-state index in [-0.39, 0.29) is 5.41 Å². The minimum atomic E-state index is -5.08. The van der Waals surface area contributed by atoms with E-state index >= 15 is 0 Å². The van der Waals surface area contributed by atoms with E-state index in [4.69, 9.17) is 15.6 Å². The van der Waals surface area contributed by atoms with Gasteiger partial charge in [0.05, 0.1) is 0 Å². The number of benzene rings is 2. The van der Waals surface area contributed by atoms with Gasteiger partial charge in [-0.05, 0) is 16.5 Å². The van der Waals surface area contributed by atoms with Crippen LogP contribution in [0.2, 0.25) is 0 Å². The second kappa shape index (κ2) is 8.54. The predicted molar refractivity (Wildman–Crippen MR) is 97.0 cm³/mol. The smallest absolute Gasteiger partial charge is 0.475 e. The van der Waals surface area contributed by atoms with Gasteiger partial charge in [-0.25, -0.2) is 4.79 Å². The molecular weight excluding hydrogens is 359 g/mol. The molecule has 0 saturated carbocycles. The van der Waals surface area contributed by atoms with Crippen LogP contribution in [0.3, 0.4) is 0 Å². The minimum Gasteiger partial charge on any atom is -0.475 e. The SMILES string of the molecule is CC(C)(C)[C@H](N)C(O)(c1ccccc1)c1ccccc1.O=C(O)C(F)(F)F. The molecule has 148 valence electrons. The quantitative estimate of drug-likeness (QED) is 0.750. The standard InChI is InChI=1S/C18H23NO.C2HF3O2/c1-17(2,3)16(19)18(20,14-10-6-4-7-11-14)15-12-8-5-9-13-15;3-2(4,5)1(6)7/h4-13,16,20H,19H2,1-3H3;(H,6,7)/t16-;/m0./s1. The molecule has 0 radical (unpaired) electrons. The molecule has 0 bridgehead atoms. The lowest BCUT2D eigenvalue weighted by Gasteiger charge is -2.42.